The first kappa shape index (κ1) is 6.93. The third-order valence-electron chi connectivity index (χ3n) is 0.228. The van der Waals surface area contributed by atoms with Crippen LogP contribution in [-0.4, -0.2) is 21.2 Å². The molecule has 1 N–H and O–H groups in total. The van der Waals surface area contributed by atoms with Crippen LogP contribution in [0.4, 0.5) is 12.3 Å². The molecule has 0 unspecified atom stereocenters. The summed E-state index contributed by atoms with van der Waals surface area (Å²) in [6.45, 7) is -1.25. The lowest BCUT2D eigenvalue weighted by Gasteiger charge is -1.96. The molecule has 0 aliphatic carbocycles. The van der Waals surface area contributed by atoms with Crippen molar-refractivity contribution in [2.75, 3.05) is 6.79 Å². The van der Waals surface area contributed by atoms with E-state index in [9.17, 15) is 12.3 Å². The van der Waals surface area contributed by atoms with Gasteiger partial charge in [-0.2, -0.15) is 0 Å². The van der Waals surface area contributed by atoms with Gasteiger partial charge in [0, 0.05) is 0 Å². The summed E-state index contributed by atoms with van der Waals surface area (Å²) in [5.41, 5.74) is 0. The summed E-state index contributed by atoms with van der Waals surface area (Å²) in [5.74, 6) is 0. The molecular formula is CH3F3O2Si. The Morgan fingerprint density at radius 3 is 1.86 bits per heavy atom. The zero-order valence-corrected chi connectivity index (χ0v) is 4.20. The van der Waals surface area contributed by atoms with Gasteiger partial charge in [-0.25, -0.2) is 12.3 Å². The average molecular weight is 132 g/mol. The lowest BCUT2D eigenvalue weighted by atomic mass is 11.6. The largest absolute Gasteiger partial charge is 0.804 e. The third kappa shape index (κ3) is 5.93. The Hall–Kier alpha value is -0.0731. The summed E-state index contributed by atoms with van der Waals surface area (Å²) in [4.78, 5) is 0. The third-order valence-corrected chi connectivity index (χ3v) is 0.685. The zero-order chi connectivity index (χ0) is 5.91. The van der Waals surface area contributed by atoms with Crippen molar-refractivity contribution >= 4 is 9.32 Å². The highest BCUT2D eigenvalue weighted by Crippen LogP contribution is 2.07. The molecule has 0 rings (SSSR count). The molecule has 2 nitrogen and oxygen atoms in total. The van der Waals surface area contributed by atoms with Crippen LogP contribution >= 0.6 is 0 Å². The van der Waals surface area contributed by atoms with E-state index in [-0.39, 0.29) is 0 Å². The topological polar surface area (TPSA) is 29.5 Å². The van der Waals surface area contributed by atoms with Gasteiger partial charge >= 0.3 is 9.32 Å². The van der Waals surface area contributed by atoms with E-state index in [2.05, 4.69) is 4.43 Å². The molecule has 0 aromatic rings. The molecule has 0 saturated carbocycles. The van der Waals surface area contributed by atoms with Gasteiger partial charge in [0.25, 0.3) is 0 Å². The molecule has 0 spiro atoms. The molecule has 0 radical (unpaired) electrons. The van der Waals surface area contributed by atoms with Crippen molar-refractivity contribution in [1.29, 1.82) is 0 Å². The second-order valence-corrected chi connectivity index (χ2v) is 1.90. The van der Waals surface area contributed by atoms with Gasteiger partial charge in [-0.15, -0.1) is 0 Å². The second kappa shape index (κ2) is 2.29. The fraction of sp³-hybridized carbons (Fsp3) is 1.00. The highest BCUT2D eigenvalue weighted by Gasteiger charge is 2.41. The number of hydrogen-bond acceptors (Lipinski definition) is 2. The number of aliphatic hydroxyl groups is 1. The van der Waals surface area contributed by atoms with Crippen molar-refractivity contribution in [2.24, 2.45) is 0 Å². The van der Waals surface area contributed by atoms with E-state index in [1.54, 1.807) is 0 Å². The zero-order valence-electron chi connectivity index (χ0n) is 3.20. The Morgan fingerprint density at radius 2 is 1.86 bits per heavy atom. The Morgan fingerprint density at radius 1 is 1.43 bits per heavy atom. The molecule has 0 aromatic carbocycles. The SMILES string of the molecule is OCO[Si](F)(F)F. The maximum atomic E-state index is 10.8. The number of aliphatic hydroxyl groups excluding tert-OH is 1. The van der Waals surface area contributed by atoms with Gasteiger partial charge < -0.3 is 9.53 Å². The number of rotatable bonds is 2. The second-order valence-electron chi connectivity index (χ2n) is 0.719. The van der Waals surface area contributed by atoms with Crippen LogP contribution in [0.5, 0.6) is 0 Å². The van der Waals surface area contributed by atoms with Crippen molar-refractivity contribution in [3.8, 4) is 0 Å². The van der Waals surface area contributed by atoms with Crippen LogP contribution < -0.4 is 0 Å². The number of hydrogen-bond donors (Lipinski definition) is 1. The fourth-order valence-electron chi connectivity index (χ4n) is 0.0732. The molecule has 0 heterocycles. The summed E-state index contributed by atoms with van der Waals surface area (Å²) in [7, 11) is -5.91. The van der Waals surface area contributed by atoms with Gasteiger partial charge in [0.1, 0.15) is 6.79 Å². The predicted molar refractivity (Wildman–Crippen MR) is 17.2 cm³/mol. The minimum absolute atomic E-state index is 1.25. The monoisotopic (exact) mass is 132 g/mol. The van der Waals surface area contributed by atoms with E-state index in [1.165, 1.54) is 0 Å². The Labute approximate surface area is 39.2 Å². The summed E-state index contributed by atoms with van der Waals surface area (Å²) < 4.78 is 35.4. The molecule has 0 atom stereocenters. The van der Waals surface area contributed by atoms with Crippen LogP contribution in [-0.2, 0) is 4.43 Å². The van der Waals surface area contributed by atoms with Crippen molar-refractivity contribution in [3.63, 3.8) is 0 Å². The molecule has 0 aliphatic rings. The van der Waals surface area contributed by atoms with Crippen LogP contribution in [0.3, 0.4) is 0 Å². The van der Waals surface area contributed by atoms with E-state index in [0.717, 1.165) is 0 Å². The maximum absolute atomic E-state index is 10.8. The summed E-state index contributed by atoms with van der Waals surface area (Å²) in [6, 6.07) is 0. The predicted octanol–water partition coefficient (Wildman–Crippen LogP) is 0.297. The van der Waals surface area contributed by atoms with E-state index < -0.39 is 16.1 Å². The first-order valence-electron chi connectivity index (χ1n) is 1.38. The van der Waals surface area contributed by atoms with E-state index in [0.29, 0.717) is 0 Å². The normalized spacial score (nSPS) is 12.0. The molecule has 0 bridgehead atoms. The van der Waals surface area contributed by atoms with Crippen LogP contribution in [0.2, 0.25) is 0 Å². The first-order chi connectivity index (χ1) is 3.06. The summed E-state index contributed by atoms with van der Waals surface area (Å²) in [6.07, 6.45) is 0. The average Bonchev–Trinajstić information content (AvgIpc) is 1.30. The minimum atomic E-state index is -5.91. The van der Waals surface area contributed by atoms with Crippen LogP contribution in [0, 0.1) is 0 Å². The van der Waals surface area contributed by atoms with Gasteiger partial charge in [0.15, 0.2) is 0 Å². The fourth-order valence-corrected chi connectivity index (χ4v) is 0.220. The Kier molecular flexibility index (Phi) is 2.27. The van der Waals surface area contributed by atoms with Gasteiger partial charge in [0.05, 0.1) is 0 Å². The lowest BCUT2D eigenvalue weighted by Crippen LogP contribution is -2.21. The molecule has 44 valence electrons. The van der Waals surface area contributed by atoms with E-state index >= 15 is 0 Å². The quantitative estimate of drug-likeness (QED) is 0.332. The molecule has 0 amide bonds. The molecule has 0 aliphatic heterocycles. The number of halogens is 3. The highest BCUT2D eigenvalue weighted by molar-refractivity contribution is 6.51. The molecule has 0 aromatic heterocycles. The molecule has 0 saturated heterocycles. The lowest BCUT2D eigenvalue weighted by molar-refractivity contribution is 0.0435. The summed E-state index contributed by atoms with van der Waals surface area (Å²) in [5, 5.41) is 7.49. The Balaban J connectivity index is 3.15. The van der Waals surface area contributed by atoms with Crippen molar-refractivity contribution in [1.82, 2.24) is 0 Å². The molecule has 0 fully saturated rings. The first-order valence-corrected chi connectivity index (χ1v) is 2.92. The minimum Gasteiger partial charge on any atom is -0.371 e. The van der Waals surface area contributed by atoms with Gasteiger partial charge in [-0.3, -0.25) is 0 Å². The van der Waals surface area contributed by atoms with Crippen molar-refractivity contribution in [2.45, 2.75) is 0 Å². The van der Waals surface area contributed by atoms with Crippen LogP contribution in [0.15, 0.2) is 0 Å². The van der Waals surface area contributed by atoms with Gasteiger partial charge in [-0.1, -0.05) is 0 Å². The molecule has 7 heavy (non-hydrogen) atoms. The van der Waals surface area contributed by atoms with Crippen LogP contribution in [0.1, 0.15) is 0 Å². The van der Waals surface area contributed by atoms with Gasteiger partial charge in [-0.05, 0) is 0 Å². The standard InChI is InChI=1S/CH3F3O2Si/c2-7(3,4)6-1-5/h5H,1H2. The molecular weight excluding hydrogens is 129 g/mol. The van der Waals surface area contributed by atoms with E-state index in [1.807, 2.05) is 0 Å². The summed E-state index contributed by atoms with van der Waals surface area (Å²) >= 11 is 0. The smallest absolute Gasteiger partial charge is 0.371 e. The van der Waals surface area contributed by atoms with E-state index in [4.69, 9.17) is 5.11 Å². The molecule has 6 heteroatoms. The van der Waals surface area contributed by atoms with Crippen molar-refractivity contribution in [3.05, 3.63) is 0 Å². The van der Waals surface area contributed by atoms with Gasteiger partial charge in [0.2, 0.25) is 0 Å². The maximum Gasteiger partial charge on any atom is 0.804 e. The van der Waals surface area contributed by atoms with Crippen LogP contribution in [0.25, 0.3) is 0 Å². The highest BCUT2D eigenvalue weighted by atomic mass is 28.5. The Bertz CT molecular complexity index is 51.4. The van der Waals surface area contributed by atoms with Crippen molar-refractivity contribution < 1.29 is 21.9 Å².